The zero-order chi connectivity index (χ0) is 15.7. The van der Waals surface area contributed by atoms with Crippen molar-refractivity contribution < 1.29 is 23.8 Å². The summed E-state index contributed by atoms with van der Waals surface area (Å²) in [4.78, 5) is 23.9. The summed E-state index contributed by atoms with van der Waals surface area (Å²) in [5, 5.41) is 0. The van der Waals surface area contributed by atoms with Crippen molar-refractivity contribution in [1.29, 1.82) is 0 Å². The fourth-order valence-corrected chi connectivity index (χ4v) is 1.87. The molecule has 0 saturated heterocycles. The van der Waals surface area contributed by atoms with Gasteiger partial charge in [0.1, 0.15) is 5.75 Å². The second-order valence-corrected chi connectivity index (χ2v) is 4.58. The third-order valence-corrected chi connectivity index (χ3v) is 2.91. The summed E-state index contributed by atoms with van der Waals surface area (Å²) in [7, 11) is 0. The van der Waals surface area contributed by atoms with Gasteiger partial charge in [0, 0.05) is 5.92 Å². The lowest BCUT2D eigenvalue weighted by atomic mass is 9.95. The van der Waals surface area contributed by atoms with Crippen LogP contribution >= 0.6 is 0 Å². The molecule has 116 valence electrons. The van der Waals surface area contributed by atoms with Gasteiger partial charge in [0.2, 0.25) is 0 Å². The average Bonchev–Trinajstić information content (AvgIpc) is 2.47. The van der Waals surface area contributed by atoms with Crippen LogP contribution in [0.5, 0.6) is 5.75 Å². The van der Waals surface area contributed by atoms with Gasteiger partial charge in [-0.15, -0.1) is 0 Å². The first-order valence-electron chi connectivity index (χ1n) is 7.11. The second kappa shape index (κ2) is 9.00. The molecule has 0 aliphatic carbocycles. The van der Waals surface area contributed by atoms with E-state index in [0.29, 0.717) is 5.75 Å². The summed E-state index contributed by atoms with van der Waals surface area (Å²) >= 11 is 0. The molecule has 0 fully saturated rings. The van der Waals surface area contributed by atoms with Crippen LogP contribution in [0.25, 0.3) is 0 Å². The third kappa shape index (κ3) is 5.45. The van der Waals surface area contributed by atoms with Crippen LogP contribution in [0.15, 0.2) is 30.3 Å². The maximum atomic E-state index is 11.9. The summed E-state index contributed by atoms with van der Waals surface area (Å²) in [5.41, 5.74) is 0. The number of ether oxygens (including phenoxy) is 3. The number of rotatable bonds is 8. The van der Waals surface area contributed by atoms with Gasteiger partial charge in [-0.25, -0.2) is 0 Å². The lowest BCUT2D eigenvalue weighted by molar-refractivity contribution is -0.164. The largest absolute Gasteiger partial charge is 0.493 e. The minimum Gasteiger partial charge on any atom is -0.493 e. The Labute approximate surface area is 125 Å². The Balaban J connectivity index is 2.68. The summed E-state index contributed by atoms with van der Waals surface area (Å²) in [6, 6.07) is 9.23. The zero-order valence-electron chi connectivity index (χ0n) is 12.7. The van der Waals surface area contributed by atoms with Crippen molar-refractivity contribution in [2.45, 2.75) is 20.8 Å². The van der Waals surface area contributed by atoms with Gasteiger partial charge < -0.3 is 14.2 Å². The van der Waals surface area contributed by atoms with Crippen LogP contribution in [0.2, 0.25) is 0 Å². The molecular weight excluding hydrogens is 272 g/mol. The minimum absolute atomic E-state index is 0.223. The summed E-state index contributed by atoms with van der Waals surface area (Å²) in [6.07, 6.45) is 0. The average molecular weight is 294 g/mol. The molecule has 0 heterocycles. The number of benzene rings is 1. The van der Waals surface area contributed by atoms with Gasteiger partial charge >= 0.3 is 11.9 Å². The SMILES string of the molecule is CCOC(=O)C(C(=O)OCC)C(C)COc1ccccc1. The van der Waals surface area contributed by atoms with E-state index < -0.39 is 17.9 Å². The van der Waals surface area contributed by atoms with Crippen LogP contribution in [-0.4, -0.2) is 31.8 Å². The van der Waals surface area contributed by atoms with E-state index in [4.69, 9.17) is 14.2 Å². The maximum absolute atomic E-state index is 11.9. The number of para-hydroxylation sites is 1. The zero-order valence-corrected chi connectivity index (χ0v) is 12.7. The number of carbonyl (C=O) groups is 2. The summed E-state index contributed by atoms with van der Waals surface area (Å²) < 4.78 is 15.5. The third-order valence-electron chi connectivity index (χ3n) is 2.91. The molecular formula is C16H22O5. The Kier molecular flexibility index (Phi) is 7.29. The molecule has 0 aliphatic heterocycles. The standard InChI is InChI=1S/C16H22O5/c1-4-19-15(17)14(16(18)20-5-2)12(3)11-21-13-9-7-6-8-10-13/h6-10,12,14H,4-5,11H2,1-3H3. The Hall–Kier alpha value is -2.04. The van der Waals surface area contributed by atoms with Gasteiger partial charge in [-0.1, -0.05) is 25.1 Å². The Morgan fingerprint density at radius 2 is 1.52 bits per heavy atom. The number of esters is 2. The van der Waals surface area contributed by atoms with Crippen LogP contribution in [-0.2, 0) is 19.1 Å². The Morgan fingerprint density at radius 1 is 1.00 bits per heavy atom. The van der Waals surface area contributed by atoms with Crippen molar-refractivity contribution in [1.82, 2.24) is 0 Å². The van der Waals surface area contributed by atoms with E-state index in [1.165, 1.54) is 0 Å². The van der Waals surface area contributed by atoms with Crippen molar-refractivity contribution in [2.24, 2.45) is 11.8 Å². The normalized spacial score (nSPS) is 11.8. The van der Waals surface area contributed by atoms with Crippen molar-refractivity contribution in [3.8, 4) is 5.75 Å². The molecule has 1 rings (SSSR count). The smallest absolute Gasteiger partial charge is 0.320 e. The molecule has 5 heteroatoms. The van der Waals surface area contributed by atoms with Crippen molar-refractivity contribution in [2.75, 3.05) is 19.8 Å². The molecule has 1 atom stereocenters. The van der Waals surface area contributed by atoms with Crippen LogP contribution in [0.1, 0.15) is 20.8 Å². The topological polar surface area (TPSA) is 61.8 Å². The van der Waals surface area contributed by atoms with E-state index in [-0.39, 0.29) is 25.7 Å². The van der Waals surface area contributed by atoms with Crippen LogP contribution in [0.3, 0.4) is 0 Å². The number of hydrogen-bond donors (Lipinski definition) is 0. The predicted octanol–water partition coefficient (Wildman–Crippen LogP) is 2.44. The molecule has 0 saturated carbocycles. The highest BCUT2D eigenvalue weighted by molar-refractivity contribution is 5.95. The monoisotopic (exact) mass is 294 g/mol. The van der Waals surface area contributed by atoms with E-state index in [0.717, 1.165) is 0 Å². The van der Waals surface area contributed by atoms with Gasteiger partial charge in [-0.3, -0.25) is 9.59 Å². The van der Waals surface area contributed by atoms with Gasteiger partial charge in [0.25, 0.3) is 0 Å². The van der Waals surface area contributed by atoms with Gasteiger partial charge in [0.15, 0.2) is 5.92 Å². The molecule has 0 radical (unpaired) electrons. The van der Waals surface area contributed by atoms with E-state index in [1.807, 2.05) is 30.3 Å². The number of hydrogen-bond acceptors (Lipinski definition) is 5. The lowest BCUT2D eigenvalue weighted by Gasteiger charge is -2.21. The molecule has 0 aromatic heterocycles. The molecule has 1 aromatic rings. The number of carbonyl (C=O) groups excluding carboxylic acids is 2. The highest BCUT2D eigenvalue weighted by Gasteiger charge is 2.35. The van der Waals surface area contributed by atoms with Crippen molar-refractivity contribution in [3.05, 3.63) is 30.3 Å². The molecule has 0 bridgehead atoms. The molecule has 1 unspecified atom stereocenters. The summed E-state index contributed by atoms with van der Waals surface area (Å²) in [6.45, 7) is 5.84. The molecule has 0 amide bonds. The summed E-state index contributed by atoms with van der Waals surface area (Å²) in [5.74, 6) is -1.76. The molecule has 21 heavy (non-hydrogen) atoms. The van der Waals surface area contributed by atoms with Gasteiger partial charge in [-0.05, 0) is 26.0 Å². The minimum atomic E-state index is -0.964. The maximum Gasteiger partial charge on any atom is 0.320 e. The first kappa shape index (κ1) is 17.0. The highest BCUT2D eigenvalue weighted by Crippen LogP contribution is 2.18. The van der Waals surface area contributed by atoms with E-state index in [2.05, 4.69) is 0 Å². The van der Waals surface area contributed by atoms with Gasteiger partial charge in [0.05, 0.1) is 19.8 Å². The predicted molar refractivity (Wildman–Crippen MR) is 77.9 cm³/mol. The van der Waals surface area contributed by atoms with Crippen LogP contribution < -0.4 is 4.74 Å². The fourth-order valence-electron chi connectivity index (χ4n) is 1.87. The van der Waals surface area contributed by atoms with Crippen molar-refractivity contribution in [3.63, 3.8) is 0 Å². The van der Waals surface area contributed by atoms with E-state index >= 15 is 0 Å². The quantitative estimate of drug-likeness (QED) is 0.544. The van der Waals surface area contributed by atoms with Crippen LogP contribution in [0.4, 0.5) is 0 Å². The first-order chi connectivity index (χ1) is 10.1. The van der Waals surface area contributed by atoms with E-state index in [9.17, 15) is 9.59 Å². The second-order valence-electron chi connectivity index (χ2n) is 4.58. The lowest BCUT2D eigenvalue weighted by Crippen LogP contribution is -2.35. The molecule has 0 N–H and O–H groups in total. The highest BCUT2D eigenvalue weighted by atomic mass is 16.6. The van der Waals surface area contributed by atoms with Crippen molar-refractivity contribution >= 4 is 11.9 Å². The van der Waals surface area contributed by atoms with E-state index in [1.54, 1.807) is 20.8 Å². The Morgan fingerprint density at radius 3 is 2.00 bits per heavy atom. The molecule has 0 spiro atoms. The Bertz CT molecular complexity index is 425. The van der Waals surface area contributed by atoms with Crippen LogP contribution in [0, 0.1) is 11.8 Å². The molecule has 1 aromatic carbocycles. The molecule has 5 nitrogen and oxygen atoms in total. The van der Waals surface area contributed by atoms with Gasteiger partial charge in [-0.2, -0.15) is 0 Å². The first-order valence-corrected chi connectivity index (χ1v) is 7.11. The fraction of sp³-hybridized carbons (Fsp3) is 0.500. The molecule has 0 aliphatic rings.